The molecule has 0 fully saturated rings. The van der Waals surface area contributed by atoms with Gasteiger partial charge in [-0.2, -0.15) is 5.10 Å². The summed E-state index contributed by atoms with van der Waals surface area (Å²) in [6.07, 6.45) is 3.17. The Hall–Kier alpha value is -3.09. The zero-order valence-electron chi connectivity index (χ0n) is 13.3. The van der Waals surface area contributed by atoms with Crippen LogP contribution >= 0.6 is 0 Å². The fourth-order valence-electron chi connectivity index (χ4n) is 1.90. The molecule has 0 radical (unpaired) electrons. The van der Waals surface area contributed by atoms with Gasteiger partial charge in [0.15, 0.2) is 0 Å². The first-order valence-electron chi connectivity index (χ1n) is 7.56. The van der Waals surface area contributed by atoms with E-state index in [4.69, 9.17) is 14.9 Å². The number of benzene rings is 1. The standard InChI is InChI=1S/C17H19N3O4/c1-2-3-10-23-16(21)13-6-4-12(5-7-13)15-9-8-14(24-15)11-19-20-17(18)22/h4-9,11H,2-3,10H2,1H3,(H3,18,20,22)/b19-11+. The third-order valence-corrected chi connectivity index (χ3v) is 3.13. The maximum absolute atomic E-state index is 11.8. The first kappa shape index (κ1) is 17.3. The van der Waals surface area contributed by atoms with Gasteiger partial charge in [0.05, 0.1) is 18.4 Å². The number of hydrogen-bond donors (Lipinski definition) is 2. The van der Waals surface area contributed by atoms with Crippen molar-refractivity contribution < 1.29 is 18.7 Å². The van der Waals surface area contributed by atoms with E-state index in [-0.39, 0.29) is 5.97 Å². The summed E-state index contributed by atoms with van der Waals surface area (Å²) in [5.74, 6) is 0.739. The van der Waals surface area contributed by atoms with E-state index in [0.29, 0.717) is 23.7 Å². The molecule has 7 nitrogen and oxygen atoms in total. The molecule has 126 valence electrons. The van der Waals surface area contributed by atoms with E-state index in [1.807, 2.05) is 6.92 Å². The van der Waals surface area contributed by atoms with Crippen molar-refractivity contribution in [1.82, 2.24) is 5.43 Å². The summed E-state index contributed by atoms with van der Waals surface area (Å²) in [6.45, 7) is 2.46. The van der Waals surface area contributed by atoms with Crippen LogP contribution in [0.15, 0.2) is 45.9 Å². The Morgan fingerprint density at radius 3 is 2.67 bits per heavy atom. The second kappa shape index (κ2) is 8.52. The molecule has 1 aromatic carbocycles. The number of carbonyl (C=O) groups excluding carboxylic acids is 2. The number of hydrazone groups is 1. The molecule has 0 aliphatic carbocycles. The minimum atomic E-state index is -0.751. The van der Waals surface area contributed by atoms with Crippen LogP contribution in [0, 0.1) is 0 Å². The monoisotopic (exact) mass is 329 g/mol. The van der Waals surface area contributed by atoms with Crippen molar-refractivity contribution in [3.8, 4) is 11.3 Å². The molecule has 1 aromatic heterocycles. The lowest BCUT2D eigenvalue weighted by atomic mass is 10.1. The number of rotatable bonds is 7. The zero-order valence-corrected chi connectivity index (χ0v) is 13.3. The normalized spacial score (nSPS) is 10.7. The van der Waals surface area contributed by atoms with Crippen molar-refractivity contribution in [2.45, 2.75) is 19.8 Å². The molecule has 2 rings (SSSR count). The summed E-state index contributed by atoms with van der Waals surface area (Å²) in [5, 5.41) is 3.62. The Labute approximate surface area is 139 Å². The first-order chi connectivity index (χ1) is 11.6. The van der Waals surface area contributed by atoms with E-state index in [1.54, 1.807) is 36.4 Å². The predicted molar refractivity (Wildman–Crippen MR) is 89.6 cm³/mol. The van der Waals surface area contributed by atoms with Crippen LogP contribution in [-0.4, -0.2) is 24.8 Å². The smallest absolute Gasteiger partial charge is 0.338 e. The lowest BCUT2D eigenvalue weighted by molar-refractivity contribution is 0.0499. The minimum absolute atomic E-state index is 0.334. The number of furan rings is 1. The molecule has 2 amide bonds. The summed E-state index contributed by atoms with van der Waals surface area (Å²) in [7, 11) is 0. The van der Waals surface area contributed by atoms with Gasteiger partial charge < -0.3 is 14.9 Å². The average Bonchev–Trinajstić information content (AvgIpc) is 3.03. The molecule has 0 aliphatic rings. The van der Waals surface area contributed by atoms with Gasteiger partial charge in [0.1, 0.15) is 11.5 Å². The Kier molecular flexibility index (Phi) is 6.13. The summed E-state index contributed by atoms with van der Waals surface area (Å²) in [5.41, 5.74) is 8.28. The van der Waals surface area contributed by atoms with Crippen molar-refractivity contribution in [2.75, 3.05) is 6.61 Å². The zero-order chi connectivity index (χ0) is 17.4. The van der Waals surface area contributed by atoms with Crippen molar-refractivity contribution in [2.24, 2.45) is 10.8 Å². The highest BCUT2D eigenvalue weighted by Gasteiger charge is 2.09. The van der Waals surface area contributed by atoms with Gasteiger partial charge in [0, 0.05) is 5.56 Å². The van der Waals surface area contributed by atoms with Gasteiger partial charge in [-0.25, -0.2) is 15.0 Å². The highest BCUT2D eigenvalue weighted by Crippen LogP contribution is 2.22. The van der Waals surface area contributed by atoms with Gasteiger partial charge in [-0.15, -0.1) is 0 Å². The van der Waals surface area contributed by atoms with Crippen LogP contribution < -0.4 is 11.2 Å². The van der Waals surface area contributed by atoms with Gasteiger partial charge in [-0.05, 0) is 30.7 Å². The number of carbonyl (C=O) groups is 2. The molecule has 0 unspecified atom stereocenters. The summed E-state index contributed by atoms with van der Waals surface area (Å²) in [6, 6.07) is 9.65. The molecule has 0 saturated heterocycles. The van der Waals surface area contributed by atoms with Crippen LogP contribution in [0.25, 0.3) is 11.3 Å². The van der Waals surface area contributed by atoms with E-state index in [2.05, 4.69) is 10.5 Å². The Bertz CT molecular complexity index is 720. The molecule has 0 aliphatic heterocycles. The molecule has 0 atom stereocenters. The van der Waals surface area contributed by atoms with Crippen LogP contribution in [0.3, 0.4) is 0 Å². The Morgan fingerprint density at radius 1 is 1.25 bits per heavy atom. The summed E-state index contributed by atoms with van der Waals surface area (Å²) >= 11 is 0. The number of unbranched alkanes of at least 4 members (excludes halogenated alkanes) is 1. The highest BCUT2D eigenvalue weighted by molar-refractivity contribution is 5.90. The quantitative estimate of drug-likeness (QED) is 0.352. The largest absolute Gasteiger partial charge is 0.462 e. The lowest BCUT2D eigenvalue weighted by Crippen LogP contribution is -2.24. The Balaban J connectivity index is 2.00. The number of esters is 1. The third kappa shape index (κ3) is 4.98. The molecule has 2 aromatic rings. The van der Waals surface area contributed by atoms with Crippen LogP contribution in [-0.2, 0) is 4.74 Å². The van der Waals surface area contributed by atoms with Crippen LogP contribution in [0.5, 0.6) is 0 Å². The molecule has 0 saturated carbocycles. The molecule has 24 heavy (non-hydrogen) atoms. The number of nitrogens with zero attached hydrogens (tertiary/aromatic N) is 1. The van der Waals surface area contributed by atoms with Crippen molar-refractivity contribution >= 4 is 18.2 Å². The number of amides is 2. The van der Waals surface area contributed by atoms with Crippen LogP contribution in [0.1, 0.15) is 35.9 Å². The number of primary amides is 1. The molecule has 7 heteroatoms. The van der Waals surface area contributed by atoms with Crippen molar-refractivity contribution in [3.63, 3.8) is 0 Å². The topological polar surface area (TPSA) is 107 Å². The number of nitrogens with two attached hydrogens (primary N) is 1. The van der Waals surface area contributed by atoms with Crippen molar-refractivity contribution in [3.05, 3.63) is 47.7 Å². The van der Waals surface area contributed by atoms with Crippen molar-refractivity contribution in [1.29, 1.82) is 0 Å². The first-order valence-corrected chi connectivity index (χ1v) is 7.56. The number of nitrogens with one attached hydrogen (secondary N) is 1. The van der Waals surface area contributed by atoms with Gasteiger partial charge in [-0.3, -0.25) is 0 Å². The van der Waals surface area contributed by atoms with E-state index in [0.717, 1.165) is 18.4 Å². The minimum Gasteiger partial charge on any atom is -0.462 e. The van der Waals surface area contributed by atoms with Gasteiger partial charge in [0.2, 0.25) is 0 Å². The maximum Gasteiger partial charge on any atom is 0.338 e. The molecular formula is C17H19N3O4. The second-order valence-electron chi connectivity index (χ2n) is 5.00. The van der Waals surface area contributed by atoms with E-state index >= 15 is 0 Å². The summed E-state index contributed by atoms with van der Waals surface area (Å²) < 4.78 is 10.7. The van der Waals surface area contributed by atoms with E-state index in [9.17, 15) is 9.59 Å². The Morgan fingerprint density at radius 2 is 2.00 bits per heavy atom. The molecule has 0 bridgehead atoms. The highest BCUT2D eigenvalue weighted by atomic mass is 16.5. The molecular weight excluding hydrogens is 310 g/mol. The predicted octanol–water partition coefficient (Wildman–Crippen LogP) is 2.91. The fourth-order valence-corrected chi connectivity index (χ4v) is 1.90. The second-order valence-corrected chi connectivity index (χ2v) is 5.00. The maximum atomic E-state index is 11.8. The molecule has 3 N–H and O–H groups in total. The lowest BCUT2D eigenvalue weighted by Gasteiger charge is -2.04. The van der Waals surface area contributed by atoms with E-state index in [1.165, 1.54) is 6.21 Å². The average molecular weight is 329 g/mol. The molecule has 0 spiro atoms. The molecule has 1 heterocycles. The van der Waals surface area contributed by atoms with E-state index < -0.39 is 6.03 Å². The van der Waals surface area contributed by atoms with Gasteiger partial charge >= 0.3 is 12.0 Å². The number of hydrogen-bond acceptors (Lipinski definition) is 5. The third-order valence-electron chi connectivity index (χ3n) is 3.13. The van der Waals surface area contributed by atoms with Gasteiger partial charge in [0.25, 0.3) is 0 Å². The number of urea groups is 1. The number of ether oxygens (including phenoxy) is 1. The van der Waals surface area contributed by atoms with Gasteiger partial charge in [-0.1, -0.05) is 25.5 Å². The fraction of sp³-hybridized carbons (Fsp3) is 0.235. The SMILES string of the molecule is CCCCOC(=O)c1ccc(-c2ccc(/C=N/NC(N)=O)o2)cc1. The van der Waals surface area contributed by atoms with Crippen LogP contribution in [0.4, 0.5) is 4.79 Å². The van der Waals surface area contributed by atoms with Crippen LogP contribution in [0.2, 0.25) is 0 Å². The summed E-state index contributed by atoms with van der Waals surface area (Å²) in [4.78, 5) is 22.4.